The summed E-state index contributed by atoms with van der Waals surface area (Å²) in [7, 11) is -0.106. The van der Waals surface area contributed by atoms with Gasteiger partial charge in [-0.15, -0.1) is 11.6 Å². The molecule has 1 aliphatic rings. The molecule has 0 bridgehead atoms. The molecule has 0 aromatic heterocycles. The molecule has 0 saturated carbocycles. The van der Waals surface area contributed by atoms with E-state index in [1.807, 2.05) is 5.98 Å². The highest BCUT2D eigenvalue weighted by Crippen LogP contribution is 2.01. The van der Waals surface area contributed by atoms with Crippen molar-refractivity contribution in [3.8, 4) is 0 Å². The van der Waals surface area contributed by atoms with Crippen molar-refractivity contribution < 1.29 is 9.31 Å². The maximum atomic E-state index is 5.50. The van der Waals surface area contributed by atoms with E-state index in [1.54, 1.807) is 0 Å². The molecular formula is C7H12BClO2. The summed E-state index contributed by atoms with van der Waals surface area (Å²) in [6.45, 7) is 1.43. The number of hydrogen-bond acceptors (Lipinski definition) is 2. The van der Waals surface area contributed by atoms with Gasteiger partial charge in [-0.05, 0) is 12.8 Å². The molecule has 0 radical (unpaired) electrons. The molecule has 0 amide bonds. The molecule has 1 heterocycles. The second-order valence-corrected chi connectivity index (χ2v) is 2.75. The van der Waals surface area contributed by atoms with Crippen LogP contribution in [0.4, 0.5) is 0 Å². The number of rotatable bonds is 4. The number of halogens is 1. The quantitative estimate of drug-likeness (QED) is 0.366. The van der Waals surface area contributed by atoms with E-state index in [0.717, 1.165) is 18.7 Å². The number of allylic oxidation sites excluding steroid dienone is 1. The van der Waals surface area contributed by atoms with Crippen molar-refractivity contribution >= 4 is 18.7 Å². The zero-order valence-electron chi connectivity index (χ0n) is 6.46. The molecule has 62 valence electrons. The SMILES string of the molecule is ClCCC/C=C/B1OCCO1. The van der Waals surface area contributed by atoms with Gasteiger partial charge < -0.3 is 9.31 Å². The maximum Gasteiger partial charge on any atom is 0.485 e. The largest absolute Gasteiger partial charge is 0.485 e. The Hall–Kier alpha value is 0.0149. The Bertz CT molecular complexity index is 124. The van der Waals surface area contributed by atoms with Gasteiger partial charge in [0.2, 0.25) is 0 Å². The Morgan fingerprint density at radius 3 is 2.73 bits per heavy atom. The van der Waals surface area contributed by atoms with Crippen LogP contribution in [0.1, 0.15) is 12.8 Å². The fourth-order valence-corrected chi connectivity index (χ4v) is 1.04. The lowest BCUT2D eigenvalue weighted by molar-refractivity contribution is 0.365. The fourth-order valence-electron chi connectivity index (χ4n) is 0.890. The number of hydrogen-bond donors (Lipinski definition) is 0. The van der Waals surface area contributed by atoms with Crippen LogP contribution < -0.4 is 0 Å². The van der Waals surface area contributed by atoms with Crippen LogP contribution in [-0.2, 0) is 9.31 Å². The van der Waals surface area contributed by atoms with Gasteiger partial charge in [0.1, 0.15) is 0 Å². The van der Waals surface area contributed by atoms with E-state index in [-0.39, 0.29) is 7.12 Å². The van der Waals surface area contributed by atoms with E-state index >= 15 is 0 Å². The smallest absolute Gasteiger partial charge is 0.405 e. The third-order valence-electron chi connectivity index (χ3n) is 1.45. The first-order chi connectivity index (χ1) is 5.43. The molecule has 11 heavy (non-hydrogen) atoms. The predicted octanol–water partition coefficient (Wildman–Crippen LogP) is 1.64. The number of unbranched alkanes of at least 4 members (excludes halogenated alkanes) is 1. The molecule has 0 N–H and O–H groups in total. The van der Waals surface area contributed by atoms with Gasteiger partial charge in [-0.1, -0.05) is 12.1 Å². The summed E-state index contributed by atoms with van der Waals surface area (Å²) < 4.78 is 10.4. The normalized spacial score (nSPS) is 18.5. The highest BCUT2D eigenvalue weighted by molar-refractivity contribution is 6.51. The van der Waals surface area contributed by atoms with E-state index < -0.39 is 0 Å². The van der Waals surface area contributed by atoms with Gasteiger partial charge in [0.25, 0.3) is 0 Å². The highest BCUT2D eigenvalue weighted by Gasteiger charge is 2.18. The van der Waals surface area contributed by atoms with E-state index in [1.165, 1.54) is 0 Å². The second kappa shape index (κ2) is 5.64. The molecule has 1 saturated heterocycles. The Kier molecular flexibility index (Phi) is 4.67. The number of alkyl halides is 1. The van der Waals surface area contributed by atoms with Crippen LogP contribution in [0.3, 0.4) is 0 Å². The lowest BCUT2D eigenvalue weighted by atomic mass is 9.90. The summed E-state index contributed by atoms with van der Waals surface area (Å²) in [5.41, 5.74) is 0. The fraction of sp³-hybridized carbons (Fsp3) is 0.714. The lowest BCUT2D eigenvalue weighted by Crippen LogP contribution is -2.09. The van der Waals surface area contributed by atoms with Gasteiger partial charge in [-0.3, -0.25) is 0 Å². The van der Waals surface area contributed by atoms with E-state index in [0.29, 0.717) is 13.2 Å². The van der Waals surface area contributed by atoms with E-state index in [9.17, 15) is 0 Å². The zero-order valence-corrected chi connectivity index (χ0v) is 7.22. The zero-order chi connectivity index (χ0) is 7.94. The van der Waals surface area contributed by atoms with Gasteiger partial charge >= 0.3 is 7.12 Å². The van der Waals surface area contributed by atoms with Crippen molar-refractivity contribution in [3.63, 3.8) is 0 Å². The van der Waals surface area contributed by atoms with Gasteiger partial charge in [-0.2, -0.15) is 0 Å². The van der Waals surface area contributed by atoms with Crippen molar-refractivity contribution in [3.05, 3.63) is 12.1 Å². The van der Waals surface area contributed by atoms with Crippen LogP contribution in [0.15, 0.2) is 12.1 Å². The molecule has 0 aromatic carbocycles. The van der Waals surface area contributed by atoms with Crippen LogP contribution in [0.25, 0.3) is 0 Å². The molecule has 0 atom stereocenters. The monoisotopic (exact) mass is 174 g/mol. The van der Waals surface area contributed by atoms with Gasteiger partial charge in [-0.25, -0.2) is 0 Å². The first-order valence-electron chi connectivity index (χ1n) is 3.89. The van der Waals surface area contributed by atoms with Crippen LogP contribution in [0, 0.1) is 0 Å². The average Bonchev–Trinajstić information content (AvgIpc) is 2.50. The first-order valence-corrected chi connectivity index (χ1v) is 4.43. The molecule has 1 rings (SSSR count). The molecule has 0 aliphatic carbocycles. The Balaban J connectivity index is 2.03. The summed E-state index contributed by atoms with van der Waals surface area (Å²) >= 11 is 5.50. The summed E-state index contributed by atoms with van der Waals surface area (Å²) in [5.74, 6) is 2.66. The summed E-state index contributed by atoms with van der Waals surface area (Å²) in [6.07, 6.45) is 4.08. The first kappa shape index (κ1) is 9.11. The third kappa shape index (κ3) is 3.80. The predicted molar refractivity (Wildman–Crippen MR) is 46.8 cm³/mol. The minimum absolute atomic E-state index is 0.106. The third-order valence-corrected chi connectivity index (χ3v) is 1.71. The molecule has 0 aromatic rings. The van der Waals surface area contributed by atoms with E-state index in [2.05, 4.69) is 6.08 Å². The Morgan fingerprint density at radius 2 is 2.09 bits per heavy atom. The molecule has 4 heteroatoms. The average molecular weight is 174 g/mol. The standard InChI is InChI=1S/C7H12BClO2/c9-5-3-1-2-4-8-10-6-7-11-8/h2,4H,1,3,5-7H2/b4-2+. The van der Waals surface area contributed by atoms with Crippen molar-refractivity contribution in [1.82, 2.24) is 0 Å². The van der Waals surface area contributed by atoms with Gasteiger partial charge in [0.05, 0.1) is 13.2 Å². The Labute approximate surface area is 72.7 Å². The molecule has 1 aliphatic heterocycles. The highest BCUT2D eigenvalue weighted by atomic mass is 35.5. The van der Waals surface area contributed by atoms with Crippen LogP contribution in [0.2, 0.25) is 0 Å². The lowest BCUT2D eigenvalue weighted by Gasteiger charge is -1.94. The maximum absolute atomic E-state index is 5.50. The van der Waals surface area contributed by atoms with Crippen LogP contribution in [0.5, 0.6) is 0 Å². The van der Waals surface area contributed by atoms with Crippen molar-refractivity contribution in [2.75, 3.05) is 19.1 Å². The molecule has 0 spiro atoms. The summed E-state index contributed by atoms with van der Waals surface area (Å²) in [4.78, 5) is 0. The van der Waals surface area contributed by atoms with Crippen LogP contribution in [-0.4, -0.2) is 26.2 Å². The van der Waals surface area contributed by atoms with Crippen molar-refractivity contribution in [2.24, 2.45) is 0 Å². The minimum atomic E-state index is -0.106. The Morgan fingerprint density at radius 1 is 1.36 bits per heavy atom. The van der Waals surface area contributed by atoms with Crippen LogP contribution >= 0.6 is 11.6 Å². The second-order valence-electron chi connectivity index (χ2n) is 2.37. The van der Waals surface area contributed by atoms with Crippen molar-refractivity contribution in [1.29, 1.82) is 0 Å². The van der Waals surface area contributed by atoms with Crippen molar-refractivity contribution in [2.45, 2.75) is 12.8 Å². The van der Waals surface area contributed by atoms with E-state index in [4.69, 9.17) is 20.9 Å². The molecule has 2 nitrogen and oxygen atoms in total. The molecular weight excluding hydrogens is 162 g/mol. The topological polar surface area (TPSA) is 18.5 Å². The summed E-state index contributed by atoms with van der Waals surface area (Å²) in [6, 6.07) is 0. The minimum Gasteiger partial charge on any atom is -0.405 e. The van der Waals surface area contributed by atoms with Gasteiger partial charge in [0, 0.05) is 5.88 Å². The van der Waals surface area contributed by atoms with Gasteiger partial charge in [0.15, 0.2) is 0 Å². The molecule has 1 fully saturated rings. The molecule has 0 unspecified atom stereocenters. The summed E-state index contributed by atoms with van der Waals surface area (Å²) in [5, 5.41) is 0.